The molecule has 0 radical (unpaired) electrons. The molecule has 0 fully saturated rings. The Balaban J connectivity index is 2.12. The maximum atomic E-state index is 16.4. The zero-order chi connectivity index (χ0) is 17.1. The van der Waals surface area contributed by atoms with Crippen LogP contribution in [0.5, 0.6) is 0 Å². The van der Waals surface area contributed by atoms with Crippen molar-refractivity contribution in [2.24, 2.45) is 0 Å². The third-order valence-corrected chi connectivity index (χ3v) is 7.94. The predicted molar refractivity (Wildman–Crippen MR) is 99.2 cm³/mol. The van der Waals surface area contributed by atoms with E-state index in [0.717, 1.165) is 5.56 Å². The first-order valence-electron chi connectivity index (χ1n) is 7.83. The van der Waals surface area contributed by atoms with Gasteiger partial charge in [0.15, 0.2) is 0 Å². The summed E-state index contributed by atoms with van der Waals surface area (Å²) in [5.41, 5.74) is 0.871. The van der Waals surface area contributed by atoms with Gasteiger partial charge in [0, 0.05) is 0 Å². The molecule has 0 saturated heterocycles. The molecule has 3 rings (SSSR count). The van der Waals surface area contributed by atoms with Gasteiger partial charge in [-0.15, -0.1) is 0 Å². The van der Waals surface area contributed by atoms with Crippen LogP contribution >= 0.6 is 7.38 Å². The van der Waals surface area contributed by atoms with E-state index in [1.807, 2.05) is 30.3 Å². The molecule has 3 aromatic rings. The molecule has 0 unspecified atom stereocenters. The third kappa shape index (κ3) is 2.86. The molecule has 0 bridgehead atoms. The summed E-state index contributed by atoms with van der Waals surface area (Å²) >= 11 is 0. The summed E-state index contributed by atoms with van der Waals surface area (Å²) in [6.07, 6.45) is 0. The van der Waals surface area contributed by atoms with Gasteiger partial charge in [-0.25, -0.2) is 0 Å². The van der Waals surface area contributed by atoms with Gasteiger partial charge in [0.2, 0.25) is 0 Å². The van der Waals surface area contributed by atoms with Crippen LogP contribution in [-0.2, 0) is 6.54 Å². The molecule has 124 valence electrons. The van der Waals surface area contributed by atoms with E-state index in [1.54, 1.807) is 36.4 Å². The van der Waals surface area contributed by atoms with Gasteiger partial charge < -0.3 is 0 Å². The molecule has 3 aromatic carbocycles. The van der Waals surface area contributed by atoms with Crippen molar-refractivity contribution in [3.8, 4) is 0 Å². The van der Waals surface area contributed by atoms with Crippen LogP contribution < -0.4 is 10.6 Å². The second-order valence-corrected chi connectivity index (χ2v) is 9.28. The SMILES string of the molecule is CN(Cc1ccccc1)P(F)(F)(c1ccccc1)c1ccccc1. The first-order valence-corrected chi connectivity index (χ1v) is 9.80. The van der Waals surface area contributed by atoms with Crippen LogP contribution in [0.3, 0.4) is 0 Å². The second-order valence-electron chi connectivity index (χ2n) is 5.84. The van der Waals surface area contributed by atoms with E-state index in [9.17, 15) is 0 Å². The molecule has 0 spiro atoms. The zero-order valence-corrected chi connectivity index (χ0v) is 14.4. The molecule has 4 heteroatoms. The number of nitrogens with zero attached hydrogens (tertiary/aromatic N) is 1. The fourth-order valence-corrected chi connectivity index (χ4v) is 5.74. The Morgan fingerprint density at radius 1 is 0.667 bits per heavy atom. The molecule has 0 aliphatic rings. The van der Waals surface area contributed by atoms with Crippen molar-refractivity contribution in [1.29, 1.82) is 0 Å². The molecular weight excluding hydrogens is 323 g/mol. The van der Waals surface area contributed by atoms with Gasteiger partial charge in [0.05, 0.1) is 0 Å². The standard InChI is InChI=1S/C20H20F2NP/c1-23(17-18-11-5-2-6-12-18)24(21,22,19-13-7-3-8-14-19)20-15-9-4-10-16-20/h2-16H,17H2,1H3. The van der Waals surface area contributed by atoms with Crippen molar-refractivity contribution in [3.63, 3.8) is 0 Å². The number of halogens is 2. The van der Waals surface area contributed by atoms with Gasteiger partial charge in [-0.2, -0.15) is 0 Å². The Labute approximate surface area is 141 Å². The topological polar surface area (TPSA) is 3.24 Å². The van der Waals surface area contributed by atoms with E-state index in [0.29, 0.717) is 0 Å². The molecule has 0 aliphatic heterocycles. The minimum atomic E-state index is -5.45. The summed E-state index contributed by atoms with van der Waals surface area (Å²) in [4.78, 5) is 0. The summed E-state index contributed by atoms with van der Waals surface area (Å²) in [6.45, 7) is 0.190. The van der Waals surface area contributed by atoms with Crippen molar-refractivity contribution < 1.29 is 8.39 Å². The average Bonchev–Trinajstić information content (AvgIpc) is 2.64. The number of hydrogen-bond donors (Lipinski definition) is 0. The normalized spacial score (nSPS) is 13.4. The Morgan fingerprint density at radius 3 is 1.46 bits per heavy atom. The molecule has 1 nitrogen and oxygen atoms in total. The predicted octanol–water partition coefficient (Wildman–Crippen LogP) is 5.01. The van der Waals surface area contributed by atoms with Crippen molar-refractivity contribution in [3.05, 3.63) is 96.6 Å². The summed E-state index contributed by atoms with van der Waals surface area (Å²) < 4.78 is 34.1. The number of hydrogen-bond acceptors (Lipinski definition) is 1. The Morgan fingerprint density at radius 2 is 1.04 bits per heavy atom. The molecule has 0 aromatic heterocycles. The number of rotatable bonds is 5. The van der Waals surface area contributed by atoms with E-state index >= 15 is 8.39 Å². The van der Waals surface area contributed by atoms with Crippen LogP contribution in [0.1, 0.15) is 5.56 Å². The van der Waals surface area contributed by atoms with Gasteiger partial charge in [-0.3, -0.25) is 0 Å². The number of benzene rings is 3. The van der Waals surface area contributed by atoms with Gasteiger partial charge >= 0.3 is 141 Å². The van der Waals surface area contributed by atoms with Gasteiger partial charge in [0.25, 0.3) is 0 Å². The quantitative estimate of drug-likeness (QED) is 0.589. The second kappa shape index (κ2) is 6.43. The molecule has 0 aliphatic carbocycles. The first-order chi connectivity index (χ1) is 11.5. The van der Waals surface area contributed by atoms with E-state index in [2.05, 4.69) is 0 Å². The van der Waals surface area contributed by atoms with Gasteiger partial charge in [-0.1, -0.05) is 0 Å². The Hall–Kier alpha value is -2.09. The summed E-state index contributed by atoms with van der Waals surface area (Å²) in [5, 5.41) is 0.182. The van der Waals surface area contributed by atoms with E-state index in [1.165, 1.54) is 36.0 Å². The van der Waals surface area contributed by atoms with Crippen LogP contribution in [0.4, 0.5) is 8.39 Å². The molecule has 24 heavy (non-hydrogen) atoms. The molecule has 0 atom stereocenters. The maximum absolute atomic E-state index is 16.4. The minimum absolute atomic E-state index is 0.0909. The van der Waals surface area contributed by atoms with Crippen molar-refractivity contribution in [1.82, 2.24) is 4.67 Å². The molecular formula is C20H20F2NP. The van der Waals surface area contributed by atoms with Crippen molar-refractivity contribution in [2.75, 3.05) is 7.05 Å². The van der Waals surface area contributed by atoms with Gasteiger partial charge in [-0.05, 0) is 0 Å². The van der Waals surface area contributed by atoms with Crippen LogP contribution in [-0.4, -0.2) is 11.7 Å². The summed E-state index contributed by atoms with van der Waals surface area (Å²) in [7, 11) is -3.94. The fraction of sp³-hybridized carbons (Fsp3) is 0.100. The van der Waals surface area contributed by atoms with Crippen molar-refractivity contribution in [2.45, 2.75) is 6.54 Å². The summed E-state index contributed by atoms with van der Waals surface area (Å²) in [6, 6.07) is 25.8. The van der Waals surface area contributed by atoms with E-state index in [-0.39, 0.29) is 17.2 Å². The first kappa shape index (κ1) is 16.8. The molecule has 0 N–H and O–H groups in total. The Bertz CT molecular complexity index is 748. The van der Waals surface area contributed by atoms with Crippen LogP contribution in [0.15, 0.2) is 91.0 Å². The van der Waals surface area contributed by atoms with Crippen LogP contribution in [0, 0.1) is 0 Å². The Kier molecular flexibility index (Phi) is 4.49. The van der Waals surface area contributed by atoms with Gasteiger partial charge in [0.1, 0.15) is 0 Å². The summed E-state index contributed by atoms with van der Waals surface area (Å²) in [5.74, 6) is 0. The zero-order valence-electron chi connectivity index (χ0n) is 13.5. The van der Waals surface area contributed by atoms with Crippen LogP contribution in [0.2, 0.25) is 0 Å². The van der Waals surface area contributed by atoms with E-state index in [4.69, 9.17) is 0 Å². The average molecular weight is 343 g/mol. The molecule has 0 amide bonds. The molecule has 0 heterocycles. The third-order valence-electron chi connectivity index (χ3n) is 4.25. The molecule has 0 saturated carbocycles. The van der Waals surface area contributed by atoms with Crippen molar-refractivity contribution >= 4 is 18.0 Å². The monoisotopic (exact) mass is 343 g/mol. The van der Waals surface area contributed by atoms with Crippen LogP contribution in [0.25, 0.3) is 0 Å². The fourth-order valence-electron chi connectivity index (χ4n) is 2.88. The van der Waals surface area contributed by atoms with E-state index < -0.39 is 7.38 Å².